The quantitative estimate of drug-likeness (QED) is 0.899. The molecular weight excluding hydrogens is 328 g/mol. The van der Waals surface area contributed by atoms with Crippen LogP contribution in [-0.2, 0) is 4.74 Å². The molecule has 2 fully saturated rings. The molecule has 0 aliphatic carbocycles. The van der Waals surface area contributed by atoms with E-state index in [1.807, 2.05) is 29.2 Å². The lowest BCUT2D eigenvalue weighted by atomic mass is 10.0. The van der Waals surface area contributed by atoms with Crippen molar-refractivity contribution >= 4 is 11.8 Å². The van der Waals surface area contributed by atoms with Gasteiger partial charge in [-0.05, 0) is 38.5 Å². The Morgan fingerprint density at radius 2 is 1.85 bits per heavy atom. The number of piperazine rings is 1. The van der Waals surface area contributed by atoms with Gasteiger partial charge in [0.2, 0.25) is 0 Å². The summed E-state index contributed by atoms with van der Waals surface area (Å²) in [6.45, 7) is 9.95. The second-order valence-electron chi connectivity index (χ2n) is 7.53. The Morgan fingerprint density at radius 1 is 1.12 bits per heavy atom. The minimum atomic E-state index is -0.172. The lowest BCUT2D eigenvalue weighted by Crippen LogP contribution is -2.54. The van der Waals surface area contributed by atoms with Crippen LogP contribution in [0, 0.1) is 0 Å². The molecule has 1 unspecified atom stereocenters. The van der Waals surface area contributed by atoms with Crippen molar-refractivity contribution in [1.29, 1.82) is 0 Å². The van der Waals surface area contributed by atoms with Gasteiger partial charge in [0.15, 0.2) is 0 Å². The van der Waals surface area contributed by atoms with E-state index in [0.29, 0.717) is 12.6 Å². The van der Waals surface area contributed by atoms with Crippen LogP contribution in [0.15, 0.2) is 24.3 Å². The van der Waals surface area contributed by atoms with Crippen LogP contribution >= 0.6 is 0 Å². The molecule has 1 aromatic rings. The monoisotopic (exact) mass is 358 g/mol. The average Bonchev–Trinajstić information content (AvgIpc) is 3.11. The molecule has 0 saturated carbocycles. The first-order chi connectivity index (χ1) is 12.7. The van der Waals surface area contributed by atoms with Crippen LogP contribution in [0.5, 0.6) is 0 Å². The van der Waals surface area contributed by atoms with Gasteiger partial charge in [-0.2, -0.15) is 0 Å². The average molecular weight is 358 g/mol. The van der Waals surface area contributed by atoms with Crippen molar-refractivity contribution in [2.75, 3.05) is 57.7 Å². The summed E-state index contributed by atoms with van der Waals surface area (Å²) in [5, 5.41) is 3.31. The smallest absolute Gasteiger partial charge is 0.410 e. The Morgan fingerprint density at radius 3 is 2.58 bits per heavy atom. The Kier molecular flexibility index (Phi) is 5.31. The number of hydrogen-bond donors (Lipinski definition) is 1. The molecule has 1 atom stereocenters. The second kappa shape index (κ2) is 7.84. The van der Waals surface area contributed by atoms with Gasteiger partial charge in [0.25, 0.3) is 0 Å². The first kappa shape index (κ1) is 17.6. The molecule has 1 N–H and O–H groups in total. The summed E-state index contributed by atoms with van der Waals surface area (Å²) in [5.74, 6) is 0. The molecule has 1 amide bonds. The summed E-state index contributed by atoms with van der Waals surface area (Å²) in [5.41, 5.74) is 2.16. The summed E-state index contributed by atoms with van der Waals surface area (Å²) >= 11 is 0. The molecule has 2 saturated heterocycles. The number of anilines is 1. The van der Waals surface area contributed by atoms with E-state index in [0.717, 1.165) is 44.0 Å². The molecule has 3 aliphatic rings. The molecule has 0 bridgehead atoms. The van der Waals surface area contributed by atoms with Crippen molar-refractivity contribution in [2.24, 2.45) is 0 Å². The molecule has 3 heterocycles. The van der Waals surface area contributed by atoms with E-state index in [4.69, 9.17) is 4.74 Å². The fourth-order valence-electron chi connectivity index (χ4n) is 4.42. The van der Waals surface area contributed by atoms with Gasteiger partial charge in [-0.15, -0.1) is 0 Å². The maximum atomic E-state index is 12.6. The summed E-state index contributed by atoms with van der Waals surface area (Å²) < 4.78 is 5.79. The Balaban J connectivity index is 1.25. The highest BCUT2D eigenvalue weighted by Crippen LogP contribution is 2.32. The number of nitrogens with one attached hydrogen (secondary N) is 1. The topological polar surface area (TPSA) is 48.0 Å². The molecule has 0 radical (unpaired) electrons. The van der Waals surface area contributed by atoms with Gasteiger partial charge in [-0.1, -0.05) is 25.1 Å². The molecule has 1 aromatic carbocycles. The lowest BCUT2D eigenvalue weighted by molar-refractivity contribution is 0.0329. The van der Waals surface area contributed by atoms with E-state index >= 15 is 0 Å². The zero-order valence-corrected chi connectivity index (χ0v) is 15.7. The van der Waals surface area contributed by atoms with Gasteiger partial charge < -0.3 is 19.9 Å². The van der Waals surface area contributed by atoms with Gasteiger partial charge in [-0.3, -0.25) is 4.90 Å². The number of piperidine rings is 1. The van der Waals surface area contributed by atoms with Crippen molar-refractivity contribution in [3.05, 3.63) is 29.8 Å². The predicted molar refractivity (Wildman–Crippen MR) is 102 cm³/mol. The number of fused-ring (bicyclic) bond motifs is 1. The summed E-state index contributed by atoms with van der Waals surface area (Å²) in [6, 6.07) is 8.75. The van der Waals surface area contributed by atoms with Crippen molar-refractivity contribution < 1.29 is 9.53 Å². The van der Waals surface area contributed by atoms with Gasteiger partial charge in [-0.25, -0.2) is 4.79 Å². The Hall–Kier alpha value is -1.79. The van der Waals surface area contributed by atoms with Crippen LogP contribution in [0.1, 0.15) is 31.4 Å². The van der Waals surface area contributed by atoms with Gasteiger partial charge in [0.05, 0.1) is 6.54 Å². The second-order valence-corrected chi connectivity index (χ2v) is 7.53. The molecule has 4 rings (SSSR count). The molecule has 6 nitrogen and oxygen atoms in total. The van der Waals surface area contributed by atoms with E-state index in [9.17, 15) is 4.79 Å². The first-order valence-electron chi connectivity index (χ1n) is 9.99. The largest absolute Gasteiger partial charge is 0.439 e. The Bertz CT molecular complexity index is 622. The molecule has 3 aliphatic heterocycles. The van der Waals surface area contributed by atoms with Crippen LogP contribution in [0.3, 0.4) is 0 Å². The fraction of sp³-hybridized carbons (Fsp3) is 0.650. The normalized spacial score (nSPS) is 25.0. The minimum Gasteiger partial charge on any atom is -0.439 e. The highest BCUT2D eigenvalue weighted by atomic mass is 16.6. The number of hydrogen-bond acceptors (Lipinski definition) is 5. The van der Waals surface area contributed by atoms with Crippen molar-refractivity contribution in [1.82, 2.24) is 14.7 Å². The van der Waals surface area contributed by atoms with E-state index in [1.165, 1.54) is 25.9 Å². The number of ether oxygens (including phenoxy) is 1. The third-order valence-electron chi connectivity index (χ3n) is 6.12. The van der Waals surface area contributed by atoms with Crippen molar-refractivity contribution in [2.45, 2.75) is 31.9 Å². The number of benzene rings is 1. The summed E-state index contributed by atoms with van der Waals surface area (Å²) in [6.07, 6.45) is 2.16. The molecule has 0 aromatic heterocycles. The standard InChI is InChI=1S/C20H30N4O2/c1-2-22-9-7-16(8-10-22)23-11-13-24(14-12-23)20(25)26-19-15-21-18-6-4-3-5-17(18)19/h3-6,16,19,21H,2,7-15H2,1H3. The van der Waals surface area contributed by atoms with Crippen molar-refractivity contribution in [3.8, 4) is 0 Å². The highest BCUT2D eigenvalue weighted by molar-refractivity contribution is 5.69. The number of carbonyl (C=O) groups is 1. The first-order valence-corrected chi connectivity index (χ1v) is 9.99. The zero-order valence-electron chi connectivity index (χ0n) is 15.7. The molecule has 0 spiro atoms. The molecule has 6 heteroatoms. The molecule has 142 valence electrons. The SMILES string of the molecule is CCN1CCC(N2CCN(C(=O)OC3CNc4ccccc43)CC2)CC1. The van der Waals surface area contributed by atoms with E-state index in [1.54, 1.807) is 0 Å². The molecular formula is C20H30N4O2. The van der Waals surface area contributed by atoms with Crippen LogP contribution < -0.4 is 5.32 Å². The van der Waals surface area contributed by atoms with Gasteiger partial charge in [0, 0.05) is 43.5 Å². The number of para-hydroxylation sites is 1. The lowest BCUT2D eigenvalue weighted by Gasteiger charge is -2.42. The Labute approximate surface area is 156 Å². The third-order valence-corrected chi connectivity index (χ3v) is 6.12. The van der Waals surface area contributed by atoms with E-state index in [2.05, 4.69) is 22.0 Å². The maximum Gasteiger partial charge on any atom is 0.410 e. The van der Waals surface area contributed by atoms with Crippen molar-refractivity contribution in [3.63, 3.8) is 0 Å². The fourth-order valence-corrected chi connectivity index (χ4v) is 4.42. The maximum absolute atomic E-state index is 12.6. The number of likely N-dealkylation sites (tertiary alicyclic amines) is 1. The van der Waals surface area contributed by atoms with E-state index < -0.39 is 0 Å². The van der Waals surface area contributed by atoms with E-state index in [-0.39, 0.29) is 12.2 Å². The predicted octanol–water partition coefficient (Wildman–Crippen LogP) is 2.39. The van der Waals surface area contributed by atoms with Crippen LogP contribution in [0.2, 0.25) is 0 Å². The molecule has 26 heavy (non-hydrogen) atoms. The number of nitrogens with zero attached hydrogens (tertiary/aromatic N) is 3. The van der Waals surface area contributed by atoms with Gasteiger partial charge in [0.1, 0.15) is 6.10 Å². The van der Waals surface area contributed by atoms with Crippen LogP contribution in [0.4, 0.5) is 10.5 Å². The summed E-state index contributed by atoms with van der Waals surface area (Å²) in [7, 11) is 0. The van der Waals surface area contributed by atoms with Gasteiger partial charge >= 0.3 is 6.09 Å². The summed E-state index contributed by atoms with van der Waals surface area (Å²) in [4.78, 5) is 19.6. The number of amides is 1. The highest BCUT2D eigenvalue weighted by Gasteiger charge is 2.31. The minimum absolute atomic E-state index is 0.171. The number of rotatable bonds is 3. The van der Waals surface area contributed by atoms with Crippen LogP contribution in [-0.4, -0.2) is 79.2 Å². The zero-order chi connectivity index (χ0) is 17.9. The third kappa shape index (κ3) is 3.67. The van der Waals surface area contributed by atoms with Crippen LogP contribution in [0.25, 0.3) is 0 Å². The number of carbonyl (C=O) groups excluding carboxylic acids is 1.